The second-order valence-corrected chi connectivity index (χ2v) is 6.18. The van der Waals surface area contributed by atoms with Gasteiger partial charge >= 0.3 is 0 Å². The summed E-state index contributed by atoms with van der Waals surface area (Å²) in [7, 11) is 0. The number of nitrogens with one attached hydrogen (secondary N) is 1. The first-order valence-corrected chi connectivity index (χ1v) is 7.94. The van der Waals surface area contributed by atoms with E-state index in [-0.39, 0.29) is 0 Å². The predicted octanol–water partition coefficient (Wildman–Crippen LogP) is 5.16. The zero-order valence-electron chi connectivity index (χ0n) is 13.3. The second-order valence-electron chi connectivity index (χ2n) is 5.75. The van der Waals surface area contributed by atoms with Gasteiger partial charge in [0, 0.05) is 11.1 Å². The molecular formula is C19H24ClN. The summed E-state index contributed by atoms with van der Waals surface area (Å²) in [5, 5.41) is 4.41. The zero-order valence-corrected chi connectivity index (χ0v) is 14.1. The van der Waals surface area contributed by atoms with Crippen LogP contribution in [0.25, 0.3) is 0 Å². The smallest absolute Gasteiger partial charge is 0.0409 e. The molecule has 0 amide bonds. The van der Waals surface area contributed by atoms with Gasteiger partial charge in [0.2, 0.25) is 0 Å². The van der Waals surface area contributed by atoms with Crippen LogP contribution in [-0.4, -0.2) is 6.54 Å². The Morgan fingerprint density at radius 1 is 1.00 bits per heavy atom. The molecule has 0 saturated heterocycles. The maximum Gasteiger partial charge on any atom is 0.0409 e. The Labute approximate surface area is 133 Å². The molecule has 2 aromatic rings. The van der Waals surface area contributed by atoms with Crippen molar-refractivity contribution in [2.45, 2.75) is 40.2 Å². The number of halogens is 1. The molecule has 0 saturated carbocycles. The van der Waals surface area contributed by atoms with Crippen molar-refractivity contribution < 1.29 is 0 Å². The van der Waals surface area contributed by atoms with Gasteiger partial charge in [0.25, 0.3) is 0 Å². The van der Waals surface area contributed by atoms with Gasteiger partial charge in [0.1, 0.15) is 0 Å². The van der Waals surface area contributed by atoms with E-state index < -0.39 is 0 Å². The Morgan fingerprint density at radius 2 is 1.71 bits per heavy atom. The molecule has 0 aliphatic carbocycles. The lowest BCUT2D eigenvalue weighted by molar-refractivity contribution is 0.546. The summed E-state index contributed by atoms with van der Waals surface area (Å²) in [6.07, 6.45) is 0.989. The van der Waals surface area contributed by atoms with Crippen molar-refractivity contribution in [3.05, 3.63) is 69.2 Å². The molecule has 0 heterocycles. The van der Waals surface area contributed by atoms with E-state index in [4.69, 9.17) is 11.6 Å². The number of rotatable bonds is 5. The lowest BCUT2D eigenvalue weighted by Crippen LogP contribution is -2.24. The molecule has 1 unspecified atom stereocenters. The van der Waals surface area contributed by atoms with E-state index in [0.717, 1.165) is 18.0 Å². The van der Waals surface area contributed by atoms with Crippen LogP contribution >= 0.6 is 11.6 Å². The van der Waals surface area contributed by atoms with Crippen LogP contribution in [0.1, 0.15) is 40.8 Å². The summed E-state index contributed by atoms with van der Waals surface area (Å²) in [4.78, 5) is 0. The monoisotopic (exact) mass is 301 g/mol. The van der Waals surface area contributed by atoms with Crippen molar-refractivity contribution in [2.24, 2.45) is 0 Å². The topological polar surface area (TPSA) is 12.0 Å². The predicted molar refractivity (Wildman–Crippen MR) is 92.2 cm³/mol. The Balaban J connectivity index is 2.35. The highest BCUT2D eigenvalue weighted by Crippen LogP contribution is 2.26. The highest BCUT2D eigenvalue weighted by molar-refractivity contribution is 6.30. The van der Waals surface area contributed by atoms with Crippen LogP contribution in [0, 0.1) is 20.8 Å². The van der Waals surface area contributed by atoms with Gasteiger partial charge in [-0.15, -0.1) is 0 Å². The largest absolute Gasteiger partial charge is 0.310 e. The molecule has 2 heteroatoms. The van der Waals surface area contributed by atoms with E-state index in [1.54, 1.807) is 0 Å². The van der Waals surface area contributed by atoms with Crippen LogP contribution in [-0.2, 0) is 6.42 Å². The van der Waals surface area contributed by atoms with Crippen molar-refractivity contribution in [3.63, 3.8) is 0 Å². The minimum atomic E-state index is 0.300. The molecule has 0 fully saturated rings. The van der Waals surface area contributed by atoms with Gasteiger partial charge in [0.05, 0.1) is 0 Å². The van der Waals surface area contributed by atoms with Crippen molar-refractivity contribution in [2.75, 3.05) is 6.54 Å². The molecule has 0 bridgehead atoms. The fourth-order valence-electron chi connectivity index (χ4n) is 2.77. The Bertz CT molecular complexity index is 619. The first kappa shape index (κ1) is 16.1. The van der Waals surface area contributed by atoms with E-state index in [1.165, 1.54) is 27.8 Å². The first-order chi connectivity index (χ1) is 10.0. The van der Waals surface area contributed by atoms with E-state index in [2.05, 4.69) is 63.3 Å². The molecule has 1 N–H and O–H groups in total. The highest BCUT2D eigenvalue weighted by Gasteiger charge is 2.15. The van der Waals surface area contributed by atoms with Gasteiger partial charge in [-0.05, 0) is 68.1 Å². The fourth-order valence-corrected chi connectivity index (χ4v) is 2.95. The second kappa shape index (κ2) is 7.11. The van der Waals surface area contributed by atoms with Gasteiger partial charge in [0.15, 0.2) is 0 Å². The molecule has 0 radical (unpaired) electrons. The number of likely N-dealkylation sites (N-methyl/N-ethyl adjacent to an activating group) is 1. The Kier molecular flexibility index (Phi) is 5.44. The average Bonchev–Trinajstić information content (AvgIpc) is 2.45. The van der Waals surface area contributed by atoms with Crippen LogP contribution in [0.5, 0.6) is 0 Å². The van der Waals surface area contributed by atoms with Crippen LogP contribution in [0.4, 0.5) is 0 Å². The maximum absolute atomic E-state index is 6.19. The molecule has 0 aliphatic heterocycles. The molecule has 0 aromatic heterocycles. The van der Waals surface area contributed by atoms with Crippen molar-refractivity contribution >= 4 is 11.6 Å². The van der Waals surface area contributed by atoms with E-state index in [0.29, 0.717) is 6.04 Å². The molecular weight excluding hydrogens is 278 g/mol. The Hall–Kier alpha value is -1.31. The molecule has 0 aliphatic rings. The summed E-state index contributed by atoms with van der Waals surface area (Å²) in [6.45, 7) is 9.58. The van der Waals surface area contributed by atoms with Gasteiger partial charge in [-0.2, -0.15) is 0 Å². The van der Waals surface area contributed by atoms with E-state index in [9.17, 15) is 0 Å². The highest BCUT2D eigenvalue weighted by atomic mass is 35.5. The molecule has 21 heavy (non-hydrogen) atoms. The molecule has 1 nitrogen and oxygen atoms in total. The minimum Gasteiger partial charge on any atom is -0.310 e. The number of aryl methyl sites for hydroxylation is 3. The third kappa shape index (κ3) is 4.09. The number of hydrogen-bond donors (Lipinski definition) is 1. The molecule has 2 rings (SSSR count). The third-order valence-electron chi connectivity index (χ3n) is 4.00. The van der Waals surface area contributed by atoms with Gasteiger partial charge in [-0.3, -0.25) is 0 Å². The van der Waals surface area contributed by atoms with E-state index in [1.807, 2.05) is 6.07 Å². The molecule has 2 aromatic carbocycles. The van der Waals surface area contributed by atoms with Crippen LogP contribution in [0.3, 0.4) is 0 Å². The van der Waals surface area contributed by atoms with Gasteiger partial charge < -0.3 is 5.32 Å². The van der Waals surface area contributed by atoms with Gasteiger partial charge in [-0.25, -0.2) is 0 Å². The van der Waals surface area contributed by atoms with Crippen LogP contribution in [0.15, 0.2) is 36.4 Å². The summed E-state index contributed by atoms with van der Waals surface area (Å²) >= 11 is 6.19. The molecule has 1 atom stereocenters. The molecule has 112 valence electrons. The number of hydrogen-bond acceptors (Lipinski definition) is 1. The standard InChI is InChI=1S/C19H24ClN/c1-5-21-19(18-12-17(20)9-8-15(18)4)11-16-10-13(2)6-7-14(16)3/h6-10,12,19,21H,5,11H2,1-4H3. The summed E-state index contributed by atoms with van der Waals surface area (Å²) < 4.78 is 0. The normalized spacial score (nSPS) is 12.4. The fraction of sp³-hybridized carbons (Fsp3) is 0.368. The van der Waals surface area contributed by atoms with E-state index >= 15 is 0 Å². The van der Waals surface area contributed by atoms with Crippen LogP contribution in [0.2, 0.25) is 5.02 Å². The van der Waals surface area contributed by atoms with Crippen LogP contribution < -0.4 is 5.32 Å². The quantitative estimate of drug-likeness (QED) is 0.804. The Morgan fingerprint density at radius 3 is 2.43 bits per heavy atom. The summed E-state index contributed by atoms with van der Waals surface area (Å²) in [5.74, 6) is 0. The SMILES string of the molecule is CCNC(Cc1cc(C)ccc1C)c1cc(Cl)ccc1C. The van der Waals surface area contributed by atoms with Crippen molar-refractivity contribution in [1.29, 1.82) is 0 Å². The lowest BCUT2D eigenvalue weighted by Gasteiger charge is -2.22. The third-order valence-corrected chi connectivity index (χ3v) is 4.23. The summed E-state index contributed by atoms with van der Waals surface area (Å²) in [6, 6.07) is 13.1. The minimum absolute atomic E-state index is 0.300. The summed E-state index contributed by atoms with van der Waals surface area (Å²) in [5.41, 5.74) is 6.65. The zero-order chi connectivity index (χ0) is 15.4. The average molecular weight is 302 g/mol. The number of benzene rings is 2. The lowest BCUT2D eigenvalue weighted by atomic mass is 9.92. The molecule has 0 spiro atoms. The van der Waals surface area contributed by atoms with Gasteiger partial charge in [-0.1, -0.05) is 48.4 Å². The maximum atomic E-state index is 6.19. The van der Waals surface area contributed by atoms with Crippen molar-refractivity contribution in [1.82, 2.24) is 5.32 Å². The first-order valence-electron chi connectivity index (χ1n) is 7.56. The van der Waals surface area contributed by atoms with Crippen molar-refractivity contribution in [3.8, 4) is 0 Å².